The standard InChI is InChI=1S/C5H11N3O.ClH/c6-1-3-8-4-2-7-5(8)9;/h1-4,6H2,(H,7,9);1H. The predicted molar refractivity (Wildman–Crippen MR) is 41.3 cm³/mol. The van der Waals surface area contributed by atoms with Gasteiger partial charge in [-0.05, 0) is 0 Å². The molecular weight excluding hydrogens is 154 g/mol. The van der Waals surface area contributed by atoms with Crippen molar-refractivity contribution >= 4 is 18.4 Å². The van der Waals surface area contributed by atoms with Crippen molar-refractivity contribution in [3.05, 3.63) is 0 Å². The number of amides is 2. The Balaban J connectivity index is 0.000000810. The van der Waals surface area contributed by atoms with Crippen LogP contribution in [0.4, 0.5) is 4.79 Å². The van der Waals surface area contributed by atoms with E-state index in [4.69, 9.17) is 5.73 Å². The van der Waals surface area contributed by atoms with Crippen molar-refractivity contribution in [2.75, 3.05) is 26.2 Å². The summed E-state index contributed by atoms with van der Waals surface area (Å²) in [5.74, 6) is 0. The second-order valence-corrected chi connectivity index (χ2v) is 2.01. The lowest BCUT2D eigenvalue weighted by molar-refractivity contribution is 0.218. The third-order valence-corrected chi connectivity index (χ3v) is 1.34. The second-order valence-electron chi connectivity index (χ2n) is 2.01. The maximum absolute atomic E-state index is 10.7. The third-order valence-electron chi connectivity index (χ3n) is 1.34. The van der Waals surface area contributed by atoms with Crippen LogP contribution in [0.15, 0.2) is 0 Å². The highest BCUT2D eigenvalue weighted by Crippen LogP contribution is 1.93. The molecule has 1 saturated heterocycles. The van der Waals surface area contributed by atoms with Crippen LogP contribution in [0, 0.1) is 0 Å². The Morgan fingerprint density at radius 1 is 1.70 bits per heavy atom. The first-order valence-electron chi connectivity index (χ1n) is 3.07. The van der Waals surface area contributed by atoms with Crippen molar-refractivity contribution in [3.63, 3.8) is 0 Å². The van der Waals surface area contributed by atoms with Crippen LogP contribution in [0.1, 0.15) is 0 Å². The number of nitrogens with two attached hydrogens (primary N) is 1. The Kier molecular flexibility index (Phi) is 4.14. The highest BCUT2D eigenvalue weighted by Gasteiger charge is 2.17. The summed E-state index contributed by atoms with van der Waals surface area (Å²) in [5, 5.41) is 2.69. The van der Waals surface area contributed by atoms with Gasteiger partial charge in [0.1, 0.15) is 0 Å². The molecule has 10 heavy (non-hydrogen) atoms. The monoisotopic (exact) mass is 165 g/mol. The molecule has 2 amide bonds. The zero-order valence-electron chi connectivity index (χ0n) is 5.67. The number of halogens is 1. The lowest BCUT2D eigenvalue weighted by Gasteiger charge is -2.10. The zero-order chi connectivity index (χ0) is 6.69. The smallest absolute Gasteiger partial charge is 0.317 e. The summed E-state index contributed by atoms with van der Waals surface area (Å²) in [7, 11) is 0. The van der Waals surface area contributed by atoms with E-state index in [0.717, 1.165) is 13.1 Å². The molecule has 0 radical (unpaired) electrons. The van der Waals surface area contributed by atoms with Crippen molar-refractivity contribution in [2.45, 2.75) is 0 Å². The average Bonchev–Trinajstić information content (AvgIpc) is 2.18. The van der Waals surface area contributed by atoms with Crippen LogP contribution < -0.4 is 11.1 Å². The lowest BCUT2D eigenvalue weighted by Crippen LogP contribution is -2.32. The number of rotatable bonds is 2. The number of nitrogens with zero attached hydrogens (tertiary/aromatic N) is 1. The Bertz CT molecular complexity index is 119. The average molecular weight is 166 g/mol. The quantitative estimate of drug-likeness (QED) is 0.574. The molecule has 1 heterocycles. The normalized spacial score (nSPS) is 16.5. The molecule has 1 rings (SSSR count). The van der Waals surface area contributed by atoms with Crippen molar-refractivity contribution in [2.24, 2.45) is 5.73 Å². The summed E-state index contributed by atoms with van der Waals surface area (Å²) in [5.41, 5.74) is 5.25. The van der Waals surface area contributed by atoms with Crippen LogP contribution in [0.5, 0.6) is 0 Å². The van der Waals surface area contributed by atoms with Gasteiger partial charge in [0, 0.05) is 26.2 Å². The molecule has 3 N–H and O–H groups in total. The molecule has 0 aliphatic carbocycles. The first-order chi connectivity index (χ1) is 4.34. The van der Waals surface area contributed by atoms with E-state index in [1.807, 2.05) is 0 Å². The minimum atomic E-state index is 0. The number of hydrogen-bond donors (Lipinski definition) is 2. The van der Waals surface area contributed by atoms with Crippen molar-refractivity contribution in [1.82, 2.24) is 10.2 Å². The number of carbonyl (C=O) groups is 1. The van der Waals surface area contributed by atoms with Gasteiger partial charge in [0.15, 0.2) is 0 Å². The molecule has 1 aliphatic heterocycles. The molecule has 0 aromatic carbocycles. The number of carbonyl (C=O) groups excluding carboxylic acids is 1. The highest BCUT2D eigenvalue weighted by molar-refractivity contribution is 5.85. The Hall–Kier alpha value is -0.480. The summed E-state index contributed by atoms with van der Waals surface area (Å²) >= 11 is 0. The molecule has 1 aliphatic rings. The molecule has 0 unspecified atom stereocenters. The largest absolute Gasteiger partial charge is 0.336 e. The van der Waals surface area contributed by atoms with Crippen molar-refractivity contribution in [1.29, 1.82) is 0 Å². The van der Waals surface area contributed by atoms with E-state index >= 15 is 0 Å². The molecular formula is C5H12ClN3O. The van der Waals surface area contributed by atoms with Gasteiger partial charge in [-0.3, -0.25) is 0 Å². The minimum absolute atomic E-state index is 0. The van der Waals surface area contributed by atoms with Gasteiger partial charge in [0.05, 0.1) is 0 Å². The molecule has 0 aromatic rings. The van der Waals surface area contributed by atoms with Crippen molar-refractivity contribution in [3.8, 4) is 0 Å². The summed E-state index contributed by atoms with van der Waals surface area (Å²) in [6, 6.07) is 0.0143. The zero-order valence-corrected chi connectivity index (χ0v) is 6.49. The SMILES string of the molecule is Cl.NCCN1CCNC1=O. The lowest BCUT2D eigenvalue weighted by atomic mass is 10.5. The molecule has 60 valence electrons. The van der Waals surface area contributed by atoms with E-state index in [9.17, 15) is 4.79 Å². The fourth-order valence-electron chi connectivity index (χ4n) is 0.880. The van der Waals surface area contributed by atoms with Crippen LogP contribution in [0.2, 0.25) is 0 Å². The molecule has 0 atom stereocenters. The van der Waals surface area contributed by atoms with E-state index in [-0.39, 0.29) is 18.4 Å². The summed E-state index contributed by atoms with van der Waals surface area (Å²) < 4.78 is 0. The summed E-state index contributed by atoms with van der Waals surface area (Å²) in [4.78, 5) is 12.4. The van der Waals surface area contributed by atoms with Gasteiger partial charge in [-0.1, -0.05) is 0 Å². The fourth-order valence-corrected chi connectivity index (χ4v) is 0.880. The van der Waals surface area contributed by atoms with Crippen LogP contribution in [-0.2, 0) is 0 Å². The number of hydrogen-bond acceptors (Lipinski definition) is 2. The van der Waals surface area contributed by atoms with Gasteiger partial charge >= 0.3 is 6.03 Å². The van der Waals surface area contributed by atoms with Crippen molar-refractivity contribution < 1.29 is 4.79 Å². The number of nitrogens with one attached hydrogen (secondary N) is 1. The van der Waals surface area contributed by atoms with Gasteiger partial charge in [-0.25, -0.2) is 4.79 Å². The predicted octanol–water partition coefficient (Wildman–Crippen LogP) is -0.608. The fraction of sp³-hybridized carbons (Fsp3) is 0.800. The Morgan fingerprint density at radius 3 is 2.80 bits per heavy atom. The molecule has 0 aromatic heterocycles. The van der Waals surface area contributed by atoms with E-state index in [1.165, 1.54) is 0 Å². The van der Waals surface area contributed by atoms with Gasteiger partial charge in [0.25, 0.3) is 0 Å². The van der Waals surface area contributed by atoms with Crippen LogP contribution in [-0.4, -0.2) is 37.1 Å². The topological polar surface area (TPSA) is 58.4 Å². The van der Waals surface area contributed by atoms with E-state index < -0.39 is 0 Å². The molecule has 1 fully saturated rings. The van der Waals surface area contributed by atoms with Crippen LogP contribution >= 0.6 is 12.4 Å². The Labute approximate surface area is 66.2 Å². The highest BCUT2D eigenvalue weighted by atomic mass is 35.5. The summed E-state index contributed by atoms with van der Waals surface area (Å²) in [6.45, 7) is 2.79. The molecule has 5 heteroatoms. The third kappa shape index (κ3) is 2.04. The molecule has 4 nitrogen and oxygen atoms in total. The van der Waals surface area contributed by atoms with Gasteiger partial charge < -0.3 is 16.0 Å². The molecule has 0 bridgehead atoms. The van der Waals surface area contributed by atoms with Gasteiger partial charge in [0.2, 0.25) is 0 Å². The number of urea groups is 1. The van der Waals surface area contributed by atoms with Crippen LogP contribution in [0.25, 0.3) is 0 Å². The van der Waals surface area contributed by atoms with E-state index in [1.54, 1.807) is 4.90 Å². The van der Waals surface area contributed by atoms with Gasteiger partial charge in [-0.2, -0.15) is 0 Å². The van der Waals surface area contributed by atoms with E-state index in [2.05, 4.69) is 5.32 Å². The first-order valence-corrected chi connectivity index (χ1v) is 3.07. The van der Waals surface area contributed by atoms with Crippen LogP contribution in [0.3, 0.4) is 0 Å². The maximum atomic E-state index is 10.7. The Morgan fingerprint density at radius 2 is 2.40 bits per heavy atom. The first kappa shape index (κ1) is 9.52. The second kappa shape index (κ2) is 4.35. The van der Waals surface area contributed by atoms with Gasteiger partial charge in [-0.15, -0.1) is 12.4 Å². The maximum Gasteiger partial charge on any atom is 0.317 e. The van der Waals surface area contributed by atoms with E-state index in [0.29, 0.717) is 13.1 Å². The molecule has 0 saturated carbocycles. The molecule has 0 spiro atoms. The summed E-state index contributed by atoms with van der Waals surface area (Å²) in [6.07, 6.45) is 0. The minimum Gasteiger partial charge on any atom is -0.336 e.